The first-order valence-corrected chi connectivity index (χ1v) is 3.29. The Morgan fingerprint density at radius 1 is 1.45 bits per heavy atom. The molecule has 4 nitrogen and oxygen atoms in total. The summed E-state index contributed by atoms with van der Waals surface area (Å²) in [6.07, 6.45) is -0.590. The third-order valence-corrected chi connectivity index (χ3v) is 1.68. The van der Waals surface area contributed by atoms with E-state index in [4.69, 9.17) is 0 Å². The lowest BCUT2D eigenvalue weighted by Gasteiger charge is -2.05. The molecule has 0 saturated carbocycles. The van der Waals surface area contributed by atoms with E-state index in [1.54, 1.807) is 0 Å². The molecule has 1 rings (SSSR count). The predicted octanol–water partition coefficient (Wildman–Crippen LogP) is -0.294. The van der Waals surface area contributed by atoms with Crippen LogP contribution in [0.3, 0.4) is 0 Å². The Kier molecular flexibility index (Phi) is 1.76. The van der Waals surface area contributed by atoms with E-state index in [0.29, 0.717) is 0 Å². The van der Waals surface area contributed by atoms with Gasteiger partial charge in [-0.15, -0.1) is 0 Å². The van der Waals surface area contributed by atoms with Crippen molar-refractivity contribution in [3.8, 4) is 0 Å². The van der Waals surface area contributed by atoms with Crippen LogP contribution in [0.5, 0.6) is 0 Å². The lowest BCUT2D eigenvalue weighted by Crippen LogP contribution is -2.25. The highest BCUT2D eigenvalue weighted by molar-refractivity contribution is 6.40. The molecule has 60 valence electrons. The Morgan fingerprint density at radius 2 is 2.00 bits per heavy atom. The highest BCUT2D eigenvalue weighted by Gasteiger charge is 2.43. The maximum absolute atomic E-state index is 10.9. The van der Waals surface area contributed by atoms with Gasteiger partial charge in [0, 0.05) is 0 Å². The zero-order valence-electron chi connectivity index (χ0n) is 6.29. The molecule has 11 heavy (non-hydrogen) atoms. The summed E-state index contributed by atoms with van der Waals surface area (Å²) in [5.74, 6) is -2.79. The molecule has 1 fully saturated rings. The SMILES string of the molecule is CC(=O)C1C(=O)C(=O)OC1C. The van der Waals surface area contributed by atoms with Gasteiger partial charge in [-0.05, 0) is 13.8 Å². The third-order valence-electron chi connectivity index (χ3n) is 1.68. The average molecular weight is 156 g/mol. The van der Waals surface area contributed by atoms with Gasteiger partial charge in [0.25, 0.3) is 5.78 Å². The standard InChI is InChI=1S/C7H8O4/c1-3(8)5-4(2)11-7(10)6(5)9/h4-5H,1-2H3. The Hall–Kier alpha value is -1.19. The van der Waals surface area contributed by atoms with Gasteiger partial charge in [-0.3, -0.25) is 9.59 Å². The molecular weight excluding hydrogens is 148 g/mol. The summed E-state index contributed by atoms with van der Waals surface area (Å²) in [5, 5.41) is 0. The van der Waals surface area contributed by atoms with E-state index < -0.39 is 23.8 Å². The predicted molar refractivity (Wildman–Crippen MR) is 34.7 cm³/mol. The molecule has 2 atom stereocenters. The highest BCUT2D eigenvalue weighted by Crippen LogP contribution is 2.18. The van der Waals surface area contributed by atoms with Gasteiger partial charge in [-0.2, -0.15) is 0 Å². The van der Waals surface area contributed by atoms with Crippen molar-refractivity contribution < 1.29 is 19.1 Å². The van der Waals surface area contributed by atoms with Gasteiger partial charge >= 0.3 is 5.97 Å². The molecule has 1 heterocycles. The van der Waals surface area contributed by atoms with E-state index in [1.165, 1.54) is 13.8 Å². The van der Waals surface area contributed by atoms with Gasteiger partial charge in [-0.1, -0.05) is 0 Å². The molecule has 1 aliphatic heterocycles. The first-order valence-electron chi connectivity index (χ1n) is 3.29. The summed E-state index contributed by atoms with van der Waals surface area (Å²) in [7, 11) is 0. The number of Topliss-reactive ketones (excluding diaryl/α,β-unsaturated/α-hetero) is 2. The third kappa shape index (κ3) is 1.15. The molecule has 2 unspecified atom stereocenters. The second-order valence-corrected chi connectivity index (χ2v) is 2.56. The minimum absolute atomic E-state index is 0.312. The number of hydrogen-bond acceptors (Lipinski definition) is 4. The Bertz CT molecular complexity index is 231. The quantitative estimate of drug-likeness (QED) is 0.297. The Balaban J connectivity index is 2.88. The monoisotopic (exact) mass is 156 g/mol. The molecular formula is C7H8O4. The van der Waals surface area contributed by atoms with Crippen LogP contribution in [-0.4, -0.2) is 23.6 Å². The van der Waals surface area contributed by atoms with Crippen LogP contribution in [0.4, 0.5) is 0 Å². The molecule has 0 aromatic heterocycles. The van der Waals surface area contributed by atoms with E-state index in [1.807, 2.05) is 0 Å². The van der Waals surface area contributed by atoms with Crippen molar-refractivity contribution in [2.24, 2.45) is 5.92 Å². The Labute approximate surface area is 63.5 Å². The number of carbonyl (C=O) groups excluding carboxylic acids is 3. The van der Waals surface area contributed by atoms with Gasteiger partial charge in [-0.25, -0.2) is 4.79 Å². The summed E-state index contributed by atoms with van der Waals surface area (Å²) in [6.45, 7) is 2.82. The van der Waals surface area contributed by atoms with Crippen molar-refractivity contribution in [2.75, 3.05) is 0 Å². The van der Waals surface area contributed by atoms with Gasteiger partial charge in [0.1, 0.15) is 17.8 Å². The first-order chi connectivity index (χ1) is 5.04. The van der Waals surface area contributed by atoms with Crippen LogP contribution in [0.1, 0.15) is 13.8 Å². The number of esters is 1. The van der Waals surface area contributed by atoms with Crippen molar-refractivity contribution in [3.05, 3.63) is 0 Å². The lowest BCUT2D eigenvalue weighted by atomic mass is 9.97. The maximum atomic E-state index is 10.9. The lowest BCUT2D eigenvalue weighted by molar-refractivity contribution is -0.148. The van der Waals surface area contributed by atoms with Crippen LogP contribution in [-0.2, 0) is 19.1 Å². The molecule has 0 amide bonds. The summed E-state index contributed by atoms with van der Waals surface area (Å²) < 4.78 is 4.54. The minimum Gasteiger partial charge on any atom is -0.456 e. The van der Waals surface area contributed by atoms with Gasteiger partial charge < -0.3 is 4.74 Å². The number of rotatable bonds is 1. The van der Waals surface area contributed by atoms with Crippen LogP contribution in [0.15, 0.2) is 0 Å². The second-order valence-electron chi connectivity index (χ2n) is 2.56. The fraction of sp³-hybridized carbons (Fsp3) is 0.571. The Morgan fingerprint density at radius 3 is 2.18 bits per heavy atom. The van der Waals surface area contributed by atoms with Crippen molar-refractivity contribution >= 4 is 17.5 Å². The van der Waals surface area contributed by atoms with Crippen LogP contribution in [0, 0.1) is 5.92 Å². The molecule has 0 spiro atoms. The van der Waals surface area contributed by atoms with Crippen LogP contribution in [0.25, 0.3) is 0 Å². The van der Waals surface area contributed by atoms with E-state index in [-0.39, 0.29) is 5.78 Å². The fourth-order valence-electron chi connectivity index (χ4n) is 1.15. The van der Waals surface area contributed by atoms with E-state index in [0.717, 1.165) is 0 Å². The summed E-state index contributed by atoms with van der Waals surface area (Å²) in [6, 6.07) is 0. The van der Waals surface area contributed by atoms with Gasteiger partial charge in [0.15, 0.2) is 0 Å². The molecule has 0 aromatic rings. The topological polar surface area (TPSA) is 60.4 Å². The second kappa shape index (κ2) is 2.45. The fourth-order valence-corrected chi connectivity index (χ4v) is 1.15. The number of ether oxygens (including phenoxy) is 1. The summed E-state index contributed by atoms with van der Waals surface area (Å²) in [5.41, 5.74) is 0. The van der Waals surface area contributed by atoms with E-state index in [2.05, 4.69) is 4.74 Å². The van der Waals surface area contributed by atoms with Crippen molar-refractivity contribution in [1.82, 2.24) is 0 Å². The molecule has 0 aliphatic carbocycles. The van der Waals surface area contributed by atoms with Crippen molar-refractivity contribution in [2.45, 2.75) is 20.0 Å². The molecule has 0 radical (unpaired) electrons. The summed E-state index contributed by atoms with van der Waals surface area (Å²) in [4.78, 5) is 32.2. The molecule has 0 bridgehead atoms. The molecule has 4 heteroatoms. The van der Waals surface area contributed by atoms with Gasteiger partial charge in [0.2, 0.25) is 0 Å². The van der Waals surface area contributed by atoms with Crippen LogP contribution >= 0.6 is 0 Å². The van der Waals surface area contributed by atoms with Crippen molar-refractivity contribution in [1.29, 1.82) is 0 Å². The first kappa shape index (κ1) is 7.91. The number of carbonyl (C=O) groups is 3. The normalized spacial score (nSPS) is 30.4. The highest BCUT2D eigenvalue weighted by atomic mass is 16.6. The number of cyclic esters (lactones) is 1. The average Bonchev–Trinajstić information content (AvgIpc) is 2.07. The zero-order valence-corrected chi connectivity index (χ0v) is 6.29. The number of hydrogen-bond donors (Lipinski definition) is 0. The van der Waals surface area contributed by atoms with Gasteiger partial charge in [0.05, 0.1) is 0 Å². The molecule has 0 N–H and O–H groups in total. The minimum atomic E-state index is -0.891. The van der Waals surface area contributed by atoms with Crippen molar-refractivity contribution in [3.63, 3.8) is 0 Å². The van der Waals surface area contributed by atoms with Crippen LogP contribution < -0.4 is 0 Å². The zero-order chi connectivity index (χ0) is 8.59. The maximum Gasteiger partial charge on any atom is 0.375 e. The van der Waals surface area contributed by atoms with Crippen LogP contribution in [0.2, 0.25) is 0 Å². The number of ketones is 2. The smallest absolute Gasteiger partial charge is 0.375 e. The largest absolute Gasteiger partial charge is 0.456 e. The van der Waals surface area contributed by atoms with E-state index in [9.17, 15) is 14.4 Å². The summed E-state index contributed by atoms with van der Waals surface area (Å²) >= 11 is 0. The molecule has 1 aliphatic rings. The molecule has 1 saturated heterocycles. The molecule has 0 aromatic carbocycles. The van der Waals surface area contributed by atoms with E-state index >= 15 is 0 Å².